The molecule has 0 aliphatic carbocycles. The fourth-order valence-corrected chi connectivity index (χ4v) is 0.790. The summed E-state index contributed by atoms with van der Waals surface area (Å²) in [7, 11) is 1.32. The van der Waals surface area contributed by atoms with Crippen LogP contribution in [0, 0.1) is 5.92 Å². The zero-order chi connectivity index (χ0) is 10.4. The van der Waals surface area contributed by atoms with E-state index in [1.54, 1.807) is 6.92 Å². The van der Waals surface area contributed by atoms with Crippen LogP contribution in [0.25, 0.3) is 0 Å². The van der Waals surface area contributed by atoms with Crippen LogP contribution in [0.2, 0.25) is 0 Å². The minimum Gasteiger partial charge on any atom is -0.466 e. The molecule has 0 saturated heterocycles. The van der Waals surface area contributed by atoms with Crippen LogP contribution in [0.1, 0.15) is 27.2 Å². The van der Waals surface area contributed by atoms with Gasteiger partial charge in [0.15, 0.2) is 0 Å². The predicted octanol–water partition coefficient (Wildman–Crippen LogP) is 1.72. The van der Waals surface area contributed by atoms with Crippen LogP contribution in [0.4, 0.5) is 0 Å². The maximum absolute atomic E-state index is 11.2. The normalized spacial score (nSPS) is 11.6. The monoisotopic (exact) mass is 184 g/mol. The summed E-state index contributed by atoms with van der Waals surface area (Å²) in [6, 6.07) is 0. The molecule has 0 aromatic carbocycles. The summed E-state index contributed by atoms with van der Waals surface area (Å²) in [5.41, 5.74) is 0.741. The molecule has 0 amide bonds. The third kappa shape index (κ3) is 5.17. The molecule has 0 aliphatic rings. The average molecular weight is 184 g/mol. The van der Waals surface area contributed by atoms with Crippen molar-refractivity contribution in [1.29, 1.82) is 0 Å². The Balaban J connectivity index is 4.14. The van der Waals surface area contributed by atoms with Gasteiger partial charge in [-0.1, -0.05) is 19.4 Å². The molecule has 0 saturated carbocycles. The Hall–Kier alpha value is -1.12. The zero-order valence-corrected chi connectivity index (χ0v) is 8.59. The Labute approximate surface area is 78.8 Å². The van der Waals surface area contributed by atoms with Gasteiger partial charge < -0.3 is 4.74 Å². The smallest absolute Gasteiger partial charge is 0.330 e. The Bertz CT molecular complexity index is 226. The molecular formula is C10H16O3. The molecule has 0 atom stereocenters. The summed E-state index contributed by atoms with van der Waals surface area (Å²) in [5, 5.41) is 0. The van der Waals surface area contributed by atoms with E-state index in [2.05, 4.69) is 4.74 Å². The van der Waals surface area contributed by atoms with Crippen molar-refractivity contribution in [2.75, 3.05) is 7.11 Å². The first kappa shape index (κ1) is 11.9. The molecule has 0 spiro atoms. The summed E-state index contributed by atoms with van der Waals surface area (Å²) in [4.78, 5) is 22.0. The highest BCUT2D eigenvalue weighted by molar-refractivity contribution is 5.86. The summed E-state index contributed by atoms with van der Waals surface area (Å²) in [5.74, 6) is -0.257. The highest BCUT2D eigenvalue weighted by atomic mass is 16.5. The van der Waals surface area contributed by atoms with E-state index < -0.39 is 5.97 Å². The van der Waals surface area contributed by atoms with Crippen molar-refractivity contribution in [2.24, 2.45) is 5.92 Å². The molecule has 74 valence electrons. The van der Waals surface area contributed by atoms with Crippen molar-refractivity contribution >= 4 is 11.8 Å². The van der Waals surface area contributed by atoms with E-state index >= 15 is 0 Å². The molecule has 3 heteroatoms. The van der Waals surface area contributed by atoms with Crippen molar-refractivity contribution in [3.8, 4) is 0 Å². The van der Waals surface area contributed by atoms with Crippen molar-refractivity contribution < 1.29 is 14.3 Å². The molecule has 0 aromatic heterocycles. The van der Waals surface area contributed by atoms with Crippen LogP contribution >= 0.6 is 0 Å². The van der Waals surface area contributed by atoms with Crippen LogP contribution in [-0.4, -0.2) is 18.9 Å². The van der Waals surface area contributed by atoms with Gasteiger partial charge in [0.2, 0.25) is 0 Å². The molecule has 0 radical (unpaired) electrons. The van der Waals surface area contributed by atoms with Crippen molar-refractivity contribution in [2.45, 2.75) is 27.2 Å². The van der Waals surface area contributed by atoms with Crippen LogP contribution in [0.15, 0.2) is 11.6 Å². The molecule has 0 aliphatic heterocycles. The Morgan fingerprint density at radius 2 is 1.92 bits per heavy atom. The van der Waals surface area contributed by atoms with Crippen LogP contribution in [0.5, 0.6) is 0 Å². The topological polar surface area (TPSA) is 43.4 Å². The standard InChI is InChI=1S/C10H16O3/c1-7(2)9(11)5-8(3)6-10(12)13-4/h6-7H,5H2,1-4H3. The van der Waals surface area contributed by atoms with Gasteiger partial charge in [-0.3, -0.25) is 4.79 Å². The van der Waals surface area contributed by atoms with E-state index in [0.717, 1.165) is 5.57 Å². The number of ketones is 1. The van der Waals surface area contributed by atoms with E-state index in [9.17, 15) is 9.59 Å². The van der Waals surface area contributed by atoms with E-state index in [0.29, 0.717) is 6.42 Å². The predicted molar refractivity (Wildman–Crippen MR) is 50.2 cm³/mol. The minimum absolute atomic E-state index is 0.0148. The molecule has 0 bridgehead atoms. The number of rotatable bonds is 4. The van der Waals surface area contributed by atoms with E-state index in [1.807, 2.05) is 13.8 Å². The number of methoxy groups -OCH3 is 1. The van der Waals surface area contributed by atoms with E-state index in [1.165, 1.54) is 13.2 Å². The Morgan fingerprint density at radius 1 is 1.38 bits per heavy atom. The van der Waals surface area contributed by atoms with Crippen molar-refractivity contribution in [3.05, 3.63) is 11.6 Å². The molecule has 0 heterocycles. The molecule has 0 rings (SSSR count). The van der Waals surface area contributed by atoms with E-state index in [4.69, 9.17) is 0 Å². The second-order valence-electron chi connectivity index (χ2n) is 3.31. The van der Waals surface area contributed by atoms with Crippen LogP contribution in [-0.2, 0) is 14.3 Å². The Morgan fingerprint density at radius 3 is 2.31 bits per heavy atom. The average Bonchev–Trinajstić information content (AvgIpc) is 2.03. The van der Waals surface area contributed by atoms with Gasteiger partial charge in [-0.05, 0) is 6.92 Å². The minimum atomic E-state index is -0.408. The summed E-state index contributed by atoms with van der Waals surface area (Å²) < 4.78 is 4.44. The summed E-state index contributed by atoms with van der Waals surface area (Å²) in [6.07, 6.45) is 1.67. The number of carbonyl (C=O) groups excluding carboxylic acids is 2. The van der Waals surface area contributed by atoms with Gasteiger partial charge in [0.25, 0.3) is 0 Å². The SMILES string of the molecule is COC(=O)C=C(C)CC(=O)C(C)C. The summed E-state index contributed by atoms with van der Waals surface area (Å²) in [6.45, 7) is 5.43. The van der Waals surface area contributed by atoms with Crippen molar-refractivity contribution in [3.63, 3.8) is 0 Å². The van der Waals surface area contributed by atoms with Crippen LogP contribution < -0.4 is 0 Å². The molecule has 0 fully saturated rings. The second-order valence-corrected chi connectivity index (χ2v) is 3.31. The number of esters is 1. The number of Topliss-reactive ketones (excluding diaryl/α,β-unsaturated/α-hetero) is 1. The van der Waals surface area contributed by atoms with Gasteiger partial charge >= 0.3 is 5.97 Å². The first-order chi connectivity index (χ1) is 5.97. The molecule has 13 heavy (non-hydrogen) atoms. The maximum atomic E-state index is 11.2. The highest BCUT2D eigenvalue weighted by Crippen LogP contribution is 2.06. The molecule has 0 unspecified atom stereocenters. The van der Waals surface area contributed by atoms with Crippen molar-refractivity contribution in [1.82, 2.24) is 0 Å². The molecule has 3 nitrogen and oxygen atoms in total. The lowest BCUT2D eigenvalue weighted by molar-refractivity contribution is -0.134. The number of allylic oxidation sites excluding steroid dienone is 1. The number of ether oxygens (including phenoxy) is 1. The third-order valence-corrected chi connectivity index (χ3v) is 1.66. The van der Waals surface area contributed by atoms with Crippen LogP contribution in [0.3, 0.4) is 0 Å². The fourth-order valence-electron chi connectivity index (χ4n) is 0.790. The quantitative estimate of drug-likeness (QED) is 0.493. The number of hydrogen-bond acceptors (Lipinski definition) is 3. The van der Waals surface area contributed by atoms with Gasteiger partial charge in [-0.2, -0.15) is 0 Å². The molecular weight excluding hydrogens is 168 g/mol. The first-order valence-corrected chi connectivity index (χ1v) is 4.25. The van der Waals surface area contributed by atoms with Gasteiger partial charge in [-0.25, -0.2) is 4.79 Å². The van der Waals surface area contributed by atoms with Gasteiger partial charge in [0.1, 0.15) is 5.78 Å². The summed E-state index contributed by atoms with van der Waals surface area (Å²) >= 11 is 0. The maximum Gasteiger partial charge on any atom is 0.330 e. The Kier molecular flexibility index (Phi) is 5.04. The first-order valence-electron chi connectivity index (χ1n) is 4.25. The highest BCUT2D eigenvalue weighted by Gasteiger charge is 2.08. The lowest BCUT2D eigenvalue weighted by atomic mass is 10.0. The lowest BCUT2D eigenvalue weighted by Crippen LogP contribution is -2.07. The van der Waals surface area contributed by atoms with Gasteiger partial charge in [-0.15, -0.1) is 0 Å². The van der Waals surface area contributed by atoms with Gasteiger partial charge in [0.05, 0.1) is 7.11 Å². The molecule has 0 aromatic rings. The third-order valence-electron chi connectivity index (χ3n) is 1.66. The number of hydrogen-bond donors (Lipinski definition) is 0. The largest absolute Gasteiger partial charge is 0.466 e. The second kappa shape index (κ2) is 5.51. The van der Waals surface area contributed by atoms with E-state index in [-0.39, 0.29) is 11.7 Å². The molecule has 0 N–H and O–H groups in total. The fraction of sp³-hybridized carbons (Fsp3) is 0.600. The van der Waals surface area contributed by atoms with Gasteiger partial charge in [0, 0.05) is 18.4 Å². The number of carbonyl (C=O) groups is 2. The lowest BCUT2D eigenvalue weighted by Gasteiger charge is -2.03. The zero-order valence-electron chi connectivity index (χ0n) is 8.59.